The van der Waals surface area contributed by atoms with Crippen molar-refractivity contribution in [3.05, 3.63) is 52.7 Å². The lowest BCUT2D eigenvalue weighted by Gasteiger charge is -2.04. The second-order valence-corrected chi connectivity index (χ2v) is 4.55. The molecule has 2 amide bonds. The number of carbonyl (C=O) groups is 1. The van der Waals surface area contributed by atoms with E-state index >= 15 is 0 Å². The molecule has 92 valence electrons. The lowest BCUT2D eigenvalue weighted by Crippen LogP contribution is -2.25. The highest BCUT2D eigenvalue weighted by molar-refractivity contribution is 7.12. The molecule has 0 fully saturated rings. The van der Waals surface area contributed by atoms with Gasteiger partial charge < -0.3 is 5.32 Å². The van der Waals surface area contributed by atoms with Gasteiger partial charge in [0.05, 0.1) is 5.71 Å². The number of urea groups is 1. The zero-order valence-electron chi connectivity index (χ0n) is 9.88. The third kappa shape index (κ3) is 3.43. The van der Waals surface area contributed by atoms with Crippen LogP contribution in [-0.4, -0.2) is 11.7 Å². The maximum Gasteiger partial charge on any atom is 0.339 e. The van der Waals surface area contributed by atoms with E-state index < -0.39 is 0 Å². The number of benzene rings is 1. The van der Waals surface area contributed by atoms with Gasteiger partial charge in [-0.2, -0.15) is 5.10 Å². The van der Waals surface area contributed by atoms with E-state index in [-0.39, 0.29) is 6.03 Å². The minimum Gasteiger partial charge on any atom is -0.307 e. The average molecular weight is 259 g/mol. The Morgan fingerprint density at radius 3 is 2.61 bits per heavy atom. The monoisotopic (exact) mass is 259 g/mol. The van der Waals surface area contributed by atoms with Crippen molar-refractivity contribution in [2.24, 2.45) is 5.10 Å². The fourth-order valence-electron chi connectivity index (χ4n) is 1.35. The third-order valence-electron chi connectivity index (χ3n) is 2.23. The van der Waals surface area contributed by atoms with E-state index in [0.29, 0.717) is 0 Å². The zero-order valence-corrected chi connectivity index (χ0v) is 10.7. The smallest absolute Gasteiger partial charge is 0.307 e. The van der Waals surface area contributed by atoms with Gasteiger partial charge in [0.1, 0.15) is 0 Å². The fourth-order valence-corrected chi connectivity index (χ4v) is 2.03. The summed E-state index contributed by atoms with van der Waals surface area (Å²) in [6, 6.07) is 12.8. The Morgan fingerprint density at radius 2 is 1.94 bits per heavy atom. The summed E-state index contributed by atoms with van der Waals surface area (Å²) in [6.07, 6.45) is 0. The number of rotatable bonds is 3. The van der Waals surface area contributed by atoms with Crippen molar-refractivity contribution in [3.8, 4) is 0 Å². The molecule has 5 heteroatoms. The number of hydrogen-bond donors (Lipinski definition) is 2. The first-order valence-electron chi connectivity index (χ1n) is 5.46. The Balaban J connectivity index is 1.91. The molecule has 18 heavy (non-hydrogen) atoms. The van der Waals surface area contributed by atoms with Gasteiger partial charge in [-0.05, 0) is 30.5 Å². The van der Waals surface area contributed by atoms with Gasteiger partial charge >= 0.3 is 6.03 Å². The summed E-state index contributed by atoms with van der Waals surface area (Å²) in [4.78, 5) is 12.6. The number of para-hydroxylation sites is 1. The van der Waals surface area contributed by atoms with Crippen LogP contribution in [0.25, 0.3) is 0 Å². The summed E-state index contributed by atoms with van der Waals surface area (Å²) >= 11 is 1.58. The number of nitrogens with zero attached hydrogens (tertiary/aromatic N) is 1. The Kier molecular flexibility index (Phi) is 4.09. The summed E-state index contributed by atoms with van der Waals surface area (Å²) in [6.45, 7) is 1.86. The van der Waals surface area contributed by atoms with Crippen molar-refractivity contribution < 1.29 is 4.79 Å². The van der Waals surface area contributed by atoms with Crippen molar-refractivity contribution in [2.75, 3.05) is 5.32 Å². The predicted octanol–water partition coefficient (Wildman–Crippen LogP) is 3.29. The molecular formula is C13H13N3OS. The molecule has 0 saturated carbocycles. The van der Waals surface area contributed by atoms with Crippen LogP contribution in [-0.2, 0) is 0 Å². The first kappa shape index (κ1) is 12.3. The van der Waals surface area contributed by atoms with Crippen molar-refractivity contribution >= 4 is 28.8 Å². The minimum atomic E-state index is -0.350. The molecule has 0 aliphatic rings. The summed E-state index contributed by atoms with van der Waals surface area (Å²) in [7, 11) is 0. The topological polar surface area (TPSA) is 53.5 Å². The SMILES string of the molecule is CC(=NNC(=O)Nc1ccccc1)c1cccs1. The van der Waals surface area contributed by atoms with E-state index in [0.717, 1.165) is 16.3 Å². The van der Waals surface area contributed by atoms with Gasteiger partial charge in [-0.15, -0.1) is 11.3 Å². The molecule has 0 spiro atoms. The molecule has 4 nitrogen and oxygen atoms in total. The van der Waals surface area contributed by atoms with E-state index in [9.17, 15) is 4.79 Å². The van der Waals surface area contributed by atoms with E-state index in [4.69, 9.17) is 0 Å². The lowest BCUT2D eigenvalue weighted by molar-refractivity contribution is 0.252. The highest BCUT2D eigenvalue weighted by atomic mass is 32.1. The van der Waals surface area contributed by atoms with Crippen LogP contribution >= 0.6 is 11.3 Å². The number of amides is 2. The van der Waals surface area contributed by atoms with E-state index in [1.165, 1.54) is 0 Å². The van der Waals surface area contributed by atoms with Crippen molar-refractivity contribution in [1.29, 1.82) is 0 Å². The Morgan fingerprint density at radius 1 is 1.17 bits per heavy atom. The largest absolute Gasteiger partial charge is 0.339 e. The van der Waals surface area contributed by atoms with Gasteiger partial charge in [-0.3, -0.25) is 0 Å². The molecule has 0 saturated heterocycles. The summed E-state index contributed by atoms with van der Waals surface area (Å²) in [5.74, 6) is 0. The molecule has 0 unspecified atom stereocenters. The molecule has 0 aliphatic carbocycles. The van der Waals surface area contributed by atoms with Crippen LogP contribution in [0, 0.1) is 0 Å². The molecule has 0 atom stereocenters. The van der Waals surface area contributed by atoms with Crippen molar-refractivity contribution in [2.45, 2.75) is 6.92 Å². The minimum absolute atomic E-state index is 0.350. The van der Waals surface area contributed by atoms with Gasteiger partial charge in [-0.1, -0.05) is 24.3 Å². The first-order chi connectivity index (χ1) is 8.75. The summed E-state index contributed by atoms with van der Waals surface area (Å²) in [5, 5.41) is 8.69. The van der Waals surface area contributed by atoms with Crippen molar-refractivity contribution in [1.82, 2.24) is 5.43 Å². The number of thiophene rings is 1. The number of hydrazone groups is 1. The fraction of sp³-hybridized carbons (Fsp3) is 0.0769. The second kappa shape index (κ2) is 5.97. The van der Waals surface area contributed by atoms with Crippen LogP contribution in [0.3, 0.4) is 0 Å². The molecular weight excluding hydrogens is 246 g/mol. The second-order valence-electron chi connectivity index (χ2n) is 3.61. The average Bonchev–Trinajstić information content (AvgIpc) is 2.91. The number of anilines is 1. The van der Waals surface area contributed by atoms with Crippen LogP contribution < -0.4 is 10.7 Å². The Hall–Kier alpha value is -2.14. The Labute approximate surface area is 109 Å². The van der Waals surface area contributed by atoms with Gasteiger partial charge in [0.15, 0.2) is 0 Å². The maximum atomic E-state index is 11.6. The van der Waals surface area contributed by atoms with Crippen LogP contribution in [0.5, 0.6) is 0 Å². The van der Waals surface area contributed by atoms with E-state index in [1.54, 1.807) is 11.3 Å². The Bertz CT molecular complexity index is 535. The van der Waals surface area contributed by atoms with Gasteiger partial charge in [0.2, 0.25) is 0 Å². The zero-order chi connectivity index (χ0) is 12.8. The molecule has 0 bridgehead atoms. The highest BCUT2D eigenvalue weighted by Gasteiger charge is 2.01. The summed E-state index contributed by atoms with van der Waals surface area (Å²) < 4.78 is 0. The van der Waals surface area contributed by atoms with Gasteiger partial charge in [0, 0.05) is 10.6 Å². The van der Waals surface area contributed by atoms with Crippen LogP contribution in [0.1, 0.15) is 11.8 Å². The molecule has 2 N–H and O–H groups in total. The summed E-state index contributed by atoms with van der Waals surface area (Å²) in [5.41, 5.74) is 3.98. The number of carbonyl (C=O) groups excluding carboxylic acids is 1. The third-order valence-corrected chi connectivity index (χ3v) is 3.21. The number of nitrogens with one attached hydrogen (secondary N) is 2. The predicted molar refractivity (Wildman–Crippen MR) is 75.1 cm³/mol. The number of hydrogen-bond acceptors (Lipinski definition) is 3. The van der Waals surface area contributed by atoms with Crippen LogP contribution in [0.15, 0.2) is 52.9 Å². The van der Waals surface area contributed by atoms with E-state index in [2.05, 4.69) is 15.8 Å². The van der Waals surface area contributed by atoms with Crippen LogP contribution in [0.4, 0.5) is 10.5 Å². The molecule has 1 heterocycles. The molecule has 2 aromatic rings. The maximum absolute atomic E-state index is 11.6. The quantitative estimate of drug-likeness (QED) is 0.645. The highest BCUT2D eigenvalue weighted by Crippen LogP contribution is 2.09. The van der Waals surface area contributed by atoms with Gasteiger partial charge in [-0.25, -0.2) is 10.2 Å². The first-order valence-corrected chi connectivity index (χ1v) is 6.34. The van der Waals surface area contributed by atoms with E-state index in [1.807, 2.05) is 54.8 Å². The standard InChI is InChI=1S/C13H13N3OS/c1-10(12-8-5-9-18-12)15-16-13(17)14-11-6-3-2-4-7-11/h2-9H,1H3,(H2,14,16,17). The normalized spacial score (nSPS) is 11.1. The van der Waals surface area contributed by atoms with Crippen LogP contribution in [0.2, 0.25) is 0 Å². The molecule has 0 radical (unpaired) electrons. The molecule has 1 aromatic carbocycles. The lowest BCUT2D eigenvalue weighted by atomic mass is 10.3. The molecule has 2 rings (SSSR count). The molecule has 1 aromatic heterocycles. The molecule has 0 aliphatic heterocycles. The van der Waals surface area contributed by atoms with Crippen molar-refractivity contribution in [3.63, 3.8) is 0 Å². The van der Waals surface area contributed by atoms with Gasteiger partial charge in [0.25, 0.3) is 0 Å².